The Kier molecular flexibility index (Phi) is 3.75. The van der Waals surface area contributed by atoms with E-state index >= 15 is 0 Å². The Bertz CT molecular complexity index is 331. The zero-order valence-corrected chi connectivity index (χ0v) is 11.2. The number of ether oxygens (including phenoxy) is 1. The lowest BCUT2D eigenvalue weighted by Gasteiger charge is -2.40. The van der Waals surface area contributed by atoms with Gasteiger partial charge in [0.05, 0.1) is 13.2 Å². The van der Waals surface area contributed by atoms with Gasteiger partial charge >= 0.3 is 0 Å². The van der Waals surface area contributed by atoms with E-state index in [-0.39, 0.29) is 0 Å². The van der Waals surface area contributed by atoms with Crippen molar-refractivity contribution in [2.75, 3.05) is 19.0 Å². The Morgan fingerprint density at radius 2 is 2.13 bits per heavy atom. The van der Waals surface area contributed by atoms with E-state index in [0.29, 0.717) is 5.41 Å². The van der Waals surface area contributed by atoms with Gasteiger partial charge in [0.25, 0.3) is 0 Å². The molecule has 3 heteroatoms. The third-order valence-corrected chi connectivity index (χ3v) is 5.31. The van der Waals surface area contributed by atoms with Crippen LogP contribution in [0.1, 0.15) is 13.3 Å². The average molecular weight is 287 g/mol. The Morgan fingerprint density at radius 3 is 2.67 bits per heavy atom. The number of benzene rings is 1. The number of thioether (sulfide) groups is 1. The van der Waals surface area contributed by atoms with E-state index in [1.54, 1.807) is 0 Å². The fourth-order valence-electron chi connectivity index (χ4n) is 1.57. The highest BCUT2D eigenvalue weighted by atomic mass is 79.9. The van der Waals surface area contributed by atoms with Gasteiger partial charge < -0.3 is 4.74 Å². The van der Waals surface area contributed by atoms with Crippen LogP contribution in [-0.4, -0.2) is 19.0 Å². The molecule has 1 aliphatic heterocycles. The van der Waals surface area contributed by atoms with Crippen molar-refractivity contribution in [3.05, 3.63) is 28.7 Å². The number of rotatable bonds is 4. The maximum Gasteiger partial charge on any atom is 0.0552 e. The first-order valence-corrected chi connectivity index (χ1v) is 6.99. The summed E-state index contributed by atoms with van der Waals surface area (Å²) in [5.41, 5.74) is 0.431. The summed E-state index contributed by atoms with van der Waals surface area (Å²) in [5, 5.41) is 0. The zero-order valence-electron chi connectivity index (χ0n) is 8.83. The predicted octanol–water partition coefficient (Wildman–Crippen LogP) is 3.97. The van der Waals surface area contributed by atoms with Crippen LogP contribution in [0, 0.1) is 5.41 Å². The lowest BCUT2D eigenvalue weighted by Crippen LogP contribution is -2.44. The first-order chi connectivity index (χ1) is 7.26. The molecular formula is C12H15BrOS. The summed E-state index contributed by atoms with van der Waals surface area (Å²) in [7, 11) is 0. The third-order valence-electron chi connectivity index (χ3n) is 2.94. The van der Waals surface area contributed by atoms with E-state index in [1.807, 2.05) is 11.8 Å². The van der Waals surface area contributed by atoms with Gasteiger partial charge in [-0.1, -0.05) is 19.1 Å². The molecule has 0 unspecified atom stereocenters. The van der Waals surface area contributed by atoms with Crippen molar-refractivity contribution in [1.29, 1.82) is 0 Å². The van der Waals surface area contributed by atoms with E-state index in [9.17, 15) is 0 Å². The lowest BCUT2D eigenvalue weighted by molar-refractivity contribution is -0.0994. The summed E-state index contributed by atoms with van der Waals surface area (Å²) in [6.07, 6.45) is 1.21. The van der Waals surface area contributed by atoms with Crippen LogP contribution in [0.3, 0.4) is 0 Å². The van der Waals surface area contributed by atoms with Crippen LogP contribution < -0.4 is 0 Å². The molecule has 0 bridgehead atoms. The van der Waals surface area contributed by atoms with E-state index in [1.165, 1.54) is 15.8 Å². The third kappa shape index (κ3) is 2.58. The lowest BCUT2D eigenvalue weighted by atomic mass is 9.86. The number of halogens is 1. The molecule has 2 rings (SSSR count). The summed E-state index contributed by atoms with van der Waals surface area (Å²) >= 11 is 5.50. The first kappa shape index (κ1) is 11.5. The van der Waals surface area contributed by atoms with Gasteiger partial charge in [-0.05, 0) is 34.5 Å². The largest absolute Gasteiger partial charge is 0.380 e. The van der Waals surface area contributed by atoms with Gasteiger partial charge in [0.1, 0.15) is 0 Å². The molecule has 0 saturated carbocycles. The van der Waals surface area contributed by atoms with Gasteiger partial charge in [-0.3, -0.25) is 0 Å². The van der Waals surface area contributed by atoms with Gasteiger partial charge in [0.2, 0.25) is 0 Å². The normalized spacial score (nSPS) is 18.5. The molecule has 1 saturated heterocycles. The molecule has 1 nitrogen and oxygen atoms in total. The fraction of sp³-hybridized carbons (Fsp3) is 0.500. The van der Waals surface area contributed by atoms with Gasteiger partial charge in [0, 0.05) is 20.5 Å². The minimum absolute atomic E-state index is 0.431. The van der Waals surface area contributed by atoms with Crippen LogP contribution >= 0.6 is 27.7 Å². The van der Waals surface area contributed by atoms with Gasteiger partial charge in [-0.2, -0.15) is 0 Å². The van der Waals surface area contributed by atoms with Crippen LogP contribution in [0.4, 0.5) is 0 Å². The predicted molar refractivity (Wildman–Crippen MR) is 68.4 cm³/mol. The molecule has 15 heavy (non-hydrogen) atoms. The SMILES string of the molecule is CCC1(CSc2ccccc2Br)COC1. The molecule has 1 heterocycles. The molecule has 1 aromatic carbocycles. The van der Waals surface area contributed by atoms with Crippen molar-refractivity contribution in [1.82, 2.24) is 0 Å². The summed E-state index contributed by atoms with van der Waals surface area (Å²) < 4.78 is 6.52. The second-order valence-corrected chi connectivity index (χ2v) is 5.94. The molecule has 0 N–H and O–H groups in total. The summed E-state index contributed by atoms with van der Waals surface area (Å²) in [4.78, 5) is 1.33. The maximum absolute atomic E-state index is 5.32. The van der Waals surface area contributed by atoms with Gasteiger partial charge in [0.15, 0.2) is 0 Å². The molecular weight excluding hydrogens is 272 g/mol. The van der Waals surface area contributed by atoms with Crippen LogP contribution in [0.2, 0.25) is 0 Å². The van der Waals surface area contributed by atoms with Crippen LogP contribution in [0.15, 0.2) is 33.6 Å². The molecule has 0 amide bonds. The summed E-state index contributed by atoms with van der Waals surface area (Å²) in [5.74, 6) is 1.16. The standard InChI is InChI=1S/C12H15BrOS/c1-2-12(7-14-8-12)9-15-11-6-4-3-5-10(11)13/h3-6H,2,7-9H2,1H3. The van der Waals surface area contributed by atoms with Crippen molar-refractivity contribution in [3.63, 3.8) is 0 Å². The zero-order chi connectivity index (χ0) is 10.7. The van der Waals surface area contributed by atoms with E-state index in [0.717, 1.165) is 19.0 Å². The first-order valence-electron chi connectivity index (χ1n) is 5.21. The molecule has 0 aromatic heterocycles. The van der Waals surface area contributed by atoms with Crippen molar-refractivity contribution in [3.8, 4) is 0 Å². The van der Waals surface area contributed by atoms with Crippen molar-refractivity contribution >= 4 is 27.7 Å². The molecule has 1 fully saturated rings. The van der Waals surface area contributed by atoms with E-state index < -0.39 is 0 Å². The minimum Gasteiger partial charge on any atom is -0.380 e. The van der Waals surface area contributed by atoms with Crippen LogP contribution in [0.5, 0.6) is 0 Å². The minimum atomic E-state index is 0.431. The molecule has 0 atom stereocenters. The van der Waals surface area contributed by atoms with E-state index in [2.05, 4.69) is 47.1 Å². The molecule has 1 aromatic rings. The average Bonchev–Trinajstić information content (AvgIpc) is 2.19. The highest BCUT2D eigenvalue weighted by Gasteiger charge is 2.36. The maximum atomic E-state index is 5.32. The smallest absolute Gasteiger partial charge is 0.0552 e. The number of hydrogen-bond acceptors (Lipinski definition) is 2. The van der Waals surface area contributed by atoms with Crippen molar-refractivity contribution in [2.45, 2.75) is 18.2 Å². The van der Waals surface area contributed by atoms with Gasteiger partial charge in [-0.15, -0.1) is 11.8 Å². The molecule has 0 aliphatic carbocycles. The van der Waals surface area contributed by atoms with Crippen molar-refractivity contribution < 1.29 is 4.74 Å². The van der Waals surface area contributed by atoms with Crippen LogP contribution in [-0.2, 0) is 4.74 Å². The highest BCUT2D eigenvalue weighted by molar-refractivity contribution is 9.10. The Balaban J connectivity index is 1.95. The second-order valence-electron chi connectivity index (χ2n) is 4.07. The molecule has 82 valence electrons. The van der Waals surface area contributed by atoms with Crippen molar-refractivity contribution in [2.24, 2.45) is 5.41 Å². The number of hydrogen-bond donors (Lipinski definition) is 0. The molecule has 1 aliphatic rings. The Labute approximate surface area is 104 Å². The summed E-state index contributed by atoms with van der Waals surface area (Å²) in [6.45, 7) is 4.12. The Morgan fingerprint density at radius 1 is 1.40 bits per heavy atom. The topological polar surface area (TPSA) is 9.23 Å². The van der Waals surface area contributed by atoms with Crippen LogP contribution in [0.25, 0.3) is 0 Å². The van der Waals surface area contributed by atoms with E-state index in [4.69, 9.17) is 4.74 Å². The molecule has 0 radical (unpaired) electrons. The fourth-order valence-corrected chi connectivity index (χ4v) is 3.41. The quantitative estimate of drug-likeness (QED) is 0.775. The highest BCUT2D eigenvalue weighted by Crippen LogP contribution is 2.38. The monoisotopic (exact) mass is 286 g/mol. The van der Waals surface area contributed by atoms with Gasteiger partial charge in [-0.25, -0.2) is 0 Å². The molecule has 0 spiro atoms. The summed E-state index contributed by atoms with van der Waals surface area (Å²) in [6, 6.07) is 8.40. The second kappa shape index (κ2) is 4.89. The Hall–Kier alpha value is 0.01000.